The van der Waals surface area contributed by atoms with Crippen molar-refractivity contribution >= 4 is 17.9 Å². The monoisotopic (exact) mass is 226 g/mol. The van der Waals surface area contributed by atoms with E-state index < -0.39 is 17.2 Å². The Kier molecular flexibility index (Phi) is 3.15. The van der Waals surface area contributed by atoms with Gasteiger partial charge in [0.2, 0.25) is 0 Å². The molecule has 1 N–H and O–H groups in total. The maximum atomic E-state index is 12.0. The third kappa shape index (κ3) is 2.73. The molecule has 1 rings (SSSR count). The van der Waals surface area contributed by atoms with Crippen LogP contribution in [0.3, 0.4) is 0 Å². The van der Waals surface area contributed by atoms with Crippen LogP contribution >= 0.6 is 11.6 Å². The van der Waals surface area contributed by atoms with E-state index in [-0.39, 0.29) is 12.1 Å². The molecular weight excluding hydrogens is 221 g/mol. The molecule has 0 fully saturated rings. The molecule has 1 aromatic rings. The van der Waals surface area contributed by atoms with Crippen LogP contribution < -0.4 is 0 Å². The van der Waals surface area contributed by atoms with Crippen molar-refractivity contribution in [3.05, 3.63) is 17.5 Å². The topological polar surface area (TPSA) is 45.8 Å². The maximum absolute atomic E-state index is 12.0. The first-order chi connectivity index (χ1) is 6.43. The minimum absolute atomic E-state index is 0.00807. The standard InChI is InChI=1S/C7H6ClF3N2O/c8-4(3-14)1-5-2-6(13-12-5)7(9,10)11/h2-4H,1H2,(H,12,13). The van der Waals surface area contributed by atoms with Gasteiger partial charge in [-0.05, 0) is 6.07 Å². The van der Waals surface area contributed by atoms with Crippen LogP contribution in [-0.2, 0) is 17.4 Å². The van der Waals surface area contributed by atoms with Crippen molar-refractivity contribution in [3.63, 3.8) is 0 Å². The Morgan fingerprint density at radius 2 is 2.29 bits per heavy atom. The summed E-state index contributed by atoms with van der Waals surface area (Å²) < 4.78 is 36.1. The molecule has 0 aliphatic rings. The molecule has 0 saturated heterocycles. The number of hydrogen-bond donors (Lipinski definition) is 1. The number of H-pyrrole nitrogens is 1. The number of alkyl halides is 4. The highest BCUT2D eigenvalue weighted by atomic mass is 35.5. The molecule has 0 aliphatic heterocycles. The third-order valence-electron chi connectivity index (χ3n) is 1.48. The summed E-state index contributed by atoms with van der Waals surface area (Å²) in [5.74, 6) is 0. The number of carbonyl (C=O) groups excluding carboxylic acids is 1. The number of aromatic nitrogens is 2. The summed E-state index contributed by atoms with van der Waals surface area (Å²) in [6, 6.07) is 0.832. The highest BCUT2D eigenvalue weighted by molar-refractivity contribution is 6.27. The summed E-state index contributed by atoms with van der Waals surface area (Å²) in [6.45, 7) is 0. The summed E-state index contributed by atoms with van der Waals surface area (Å²) in [5.41, 5.74) is -0.827. The molecule has 1 unspecified atom stereocenters. The van der Waals surface area contributed by atoms with Gasteiger partial charge in [0.15, 0.2) is 5.69 Å². The van der Waals surface area contributed by atoms with E-state index in [1.165, 1.54) is 0 Å². The summed E-state index contributed by atoms with van der Waals surface area (Å²) in [7, 11) is 0. The second kappa shape index (κ2) is 4.00. The van der Waals surface area contributed by atoms with Crippen LogP contribution in [0.15, 0.2) is 6.07 Å². The minimum atomic E-state index is -4.47. The molecule has 1 aromatic heterocycles. The van der Waals surface area contributed by atoms with Gasteiger partial charge in [-0.2, -0.15) is 18.3 Å². The van der Waals surface area contributed by atoms with E-state index in [0.717, 1.165) is 6.07 Å². The van der Waals surface area contributed by atoms with E-state index in [0.29, 0.717) is 6.29 Å². The zero-order valence-electron chi connectivity index (χ0n) is 6.81. The average molecular weight is 227 g/mol. The van der Waals surface area contributed by atoms with Crippen LogP contribution in [0.2, 0.25) is 0 Å². The first-order valence-electron chi connectivity index (χ1n) is 3.64. The second-order valence-electron chi connectivity index (χ2n) is 2.63. The zero-order valence-corrected chi connectivity index (χ0v) is 7.56. The lowest BCUT2D eigenvalue weighted by atomic mass is 10.2. The van der Waals surface area contributed by atoms with Crippen LogP contribution in [0, 0.1) is 0 Å². The number of carbonyl (C=O) groups is 1. The van der Waals surface area contributed by atoms with Crippen molar-refractivity contribution in [2.45, 2.75) is 18.0 Å². The van der Waals surface area contributed by atoms with E-state index in [9.17, 15) is 18.0 Å². The summed E-state index contributed by atoms with van der Waals surface area (Å²) in [4.78, 5) is 10.1. The molecule has 0 radical (unpaired) electrons. The van der Waals surface area contributed by atoms with Gasteiger partial charge in [0.1, 0.15) is 6.29 Å². The number of rotatable bonds is 3. The van der Waals surface area contributed by atoms with Gasteiger partial charge in [-0.3, -0.25) is 5.10 Å². The zero-order chi connectivity index (χ0) is 10.8. The number of nitrogens with one attached hydrogen (secondary N) is 1. The van der Waals surface area contributed by atoms with E-state index >= 15 is 0 Å². The molecule has 3 nitrogen and oxygen atoms in total. The van der Waals surface area contributed by atoms with Crippen molar-refractivity contribution in [1.82, 2.24) is 10.2 Å². The van der Waals surface area contributed by atoms with Gasteiger partial charge in [0.05, 0.1) is 5.38 Å². The van der Waals surface area contributed by atoms with Gasteiger partial charge in [-0.15, -0.1) is 11.6 Å². The molecule has 0 aliphatic carbocycles. The molecule has 0 amide bonds. The smallest absolute Gasteiger partial charge is 0.302 e. The molecule has 78 valence electrons. The fourth-order valence-electron chi connectivity index (χ4n) is 0.870. The van der Waals surface area contributed by atoms with E-state index in [2.05, 4.69) is 10.2 Å². The van der Waals surface area contributed by atoms with Crippen LogP contribution in [0.25, 0.3) is 0 Å². The van der Waals surface area contributed by atoms with Crippen molar-refractivity contribution < 1.29 is 18.0 Å². The Hall–Kier alpha value is -1.04. The van der Waals surface area contributed by atoms with Crippen LogP contribution in [0.1, 0.15) is 11.4 Å². The molecule has 0 spiro atoms. The number of aromatic amines is 1. The maximum Gasteiger partial charge on any atom is 0.435 e. The quantitative estimate of drug-likeness (QED) is 0.631. The molecule has 1 heterocycles. The summed E-state index contributed by atoms with van der Waals surface area (Å²) >= 11 is 5.43. The average Bonchev–Trinajstić information content (AvgIpc) is 2.51. The molecule has 0 aromatic carbocycles. The van der Waals surface area contributed by atoms with E-state index in [4.69, 9.17) is 11.6 Å². The summed E-state index contributed by atoms with van der Waals surface area (Å²) in [6.07, 6.45) is -4.01. The van der Waals surface area contributed by atoms with E-state index in [1.807, 2.05) is 0 Å². The molecule has 0 saturated carbocycles. The SMILES string of the molecule is O=CC(Cl)Cc1cc(C(F)(F)F)n[nH]1. The lowest BCUT2D eigenvalue weighted by Gasteiger charge is -1.99. The van der Waals surface area contributed by atoms with Crippen molar-refractivity contribution in [3.8, 4) is 0 Å². The van der Waals surface area contributed by atoms with Gasteiger partial charge < -0.3 is 4.79 Å². The van der Waals surface area contributed by atoms with Gasteiger partial charge in [0.25, 0.3) is 0 Å². The third-order valence-corrected chi connectivity index (χ3v) is 1.74. The number of halogens is 4. The van der Waals surface area contributed by atoms with Gasteiger partial charge in [0, 0.05) is 12.1 Å². The Morgan fingerprint density at radius 3 is 2.71 bits per heavy atom. The van der Waals surface area contributed by atoms with Crippen LogP contribution in [-0.4, -0.2) is 21.9 Å². The predicted octanol–water partition coefficient (Wildman–Crippen LogP) is 1.78. The Balaban J connectivity index is 2.73. The Morgan fingerprint density at radius 1 is 1.64 bits per heavy atom. The molecular formula is C7H6ClF3N2O. The number of nitrogens with zero attached hydrogens (tertiary/aromatic N) is 1. The van der Waals surface area contributed by atoms with Crippen molar-refractivity contribution in [1.29, 1.82) is 0 Å². The molecule has 7 heteroatoms. The highest BCUT2D eigenvalue weighted by Gasteiger charge is 2.33. The lowest BCUT2D eigenvalue weighted by molar-refractivity contribution is -0.141. The fraction of sp³-hybridized carbons (Fsp3) is 0.429. The molecule has 14 heavy (non-hydrogen) atoms. The molecule has 0 bridgehead atoms. The lowest BCUT2D eigenvalue weighted by Crippen LogP contribution is -2.05. The van der Waals surface area contributed by atoms with Gasteiger partial charge in [-0.1, -0.05) is 0 Å². The van der Waals surface area contributed by atoms with Crippen LogP contribution in [0.5, 0.6) is 0 Å². The first kappa shape index (κ1) is 11.0. The first-order valence-corrected chi connectivity index (χ1v) is 4.08. The highest BCUT2D eigenvalue weighted by Crippen LogP contribution is 2.27. The second-order valence-corrected chi connectivity index (χ2v) is 3.19. The van der Waals surface area contributed by atoms with Gasteiger partial charge >= 0.3 is 6.18 Å². The largest absolute Gasteiger partial charge is 0.435 e. The predicted molar refractivity (Wildman–Crippen MR) is 43.0 cm³/mol. The minimum Gasteiger partial charge on any atom is -0.302 e. The Labute approximate surface area is 82.2 Å². The van der Waals surface area contributed by atoms with Gasteiger partial charge in [-0.25, -0.2) is 0 Å². The summed E-state index contributed by atoms with van der Waals surface area (Å²) in [5, 5.41) is 4.38. The number of hydrogen-bond acceptors (Lipinski definition) is 2. The van der Waals surface area contributed by atoms with Crippen molar-refractivity contribution in [2.24, 2.45) is 0 Å². The van der Waals surface area contributed by atoms with Crippen molar-refractivity contribution in [2.75, 3.05) is 0 Å². The fourth-order valence-corrected chi connectivity index (χ4v) is 1.04. The molecule has 1 atom stereocenters. The van der Waals surface area contributed by atoms with E-state index in [1.54, 1.807) is 0 Å². The number of aldehydes is 1. The van der Waals surface area contributed by atoms with Crippen LogP contribution in [0.4, 0.5) is 13.2 Å². The Bertz CT molecular complexity index is 323. The normalized spacial score (nSPS) is 14.0.